The van der Waals surface area contributed by atoms with E-state index in [2.05, 4.69) is 0 Å². The Kier molecular flexibility index (Phi) is 4.62. The molecule has 0 saturated heterocycles. The highest BCUT2D eigenvalue weighted by molar-refractivity contribution is 7.99. The van der Waals surface area contributed by atoms with Crippen LogP contribution in [0.5, 0.6) is 0 Å². The van der Waals surface area contributed by atoms with Crippen LogP contribution in [-0.4, -0.2) is 22.6 Å². The molecule has 0 spiro atoms. The number of aliphatic carboxylic acids is 1. The van der Waals surface area contributed by atoms with E-state index >= 15 is 0 Å². The van der Waals surface area contributed by atoms with Gasteiger partial charge in [0.2, 0.25) is 0 Å². The van der Waals surface area contributed by atoms with Gasteiger partial charge >= 0.3 is 5.97 Å². The van der Waals surface area contributed by atoms with Crippen molar-refractivity contribution >= 4 is 40.7 Å². The smallest absolute Gasteiger partial charge is 0.313 e. The lowest BCUT2D eigenvalue weighted by Crippen LogP contribution is -1.99. The van der Waals surface area contributed by atoms with Gasteiger partial charge < -0.3 is 5.11 Å². The lowest BCUT2D eigenvalue weighted by molar-refractivity contribution is -0.133. The van der Waals surface area contributed by atoms with Crippen LogP contribution in [-0.2, 0) is 11.2 Å². The standard InChI is InChI=1S/C8H9ClO2S2/c9-7-2-1-6(13-7)3-4-12-5-8(10)11/h1-2H,3-5H2,(H,10,11). The van der Waals surface area contributed by atoms with E-state index in [0.29, 0.717) is 0 Å². The molecule has 5 heteroatoms. The molecule has 13 heavy (non-hydrogen) atoms. The Bertz CT molecular complexity index is 285. The minimum atomic E-state index is -0.755. The number of aryl methyl sites for hydroxylation is 1. The van der Waals surface area contributed by atoms with Crippen LogP contribution in [0.4, 0.5) is 0 Å². The van der Waals surface area contributed by atoms with Gasteiger partial charge in [-0.25, -0.2) is 0 Å². The van der Waals surface area contributed by atoms with Gasteiger partial charge in [0, 0.05) is 4.88 Å². The molecule has 0 radical (unpaired) electrons. The van der Waals surface area contributed by atoms with Crippen LogP contribution >= 0.6 is 34.7 Å². The minimum absolute atomic E-state index is 0.180. The van der Waals surface area contributed by atoms with E-state index in [1.54, 1.807) is 11.3 Å². The van der Waals surface area contributed by atoms with Crippen molar-refractivity contribution in [3.63, 3.8) is 0 Å². The van der Waals surface area contributed by atoms with Crippen LogP contribution in [0.3, 0.4) is 0 Å². The molecule has 0 atom stereocenters. The quantitative estimate of drug-likeness (QED) is 0.799. The van der Waals surface area contributed by atoms with Crippen molar-refractivity contribution in [1.82, 2.24) is 0 Å². The van der Waals surface area contributed by atoms with Gasteiger partial charge in [0.05, 0.1) is 10.1 Å². The second-order valence-electron chi connectivity index (χ2n) is 2.40. The van der Waals surface area contributed by atoms with Crippen molar-refractivity contribution in [3.8, 4) is 0 Å². The number of hydrogen-bond acceptors (Lipinski definition) is 3. The highest BCUT2D eigenvalue weighted by Crippen LogP contribution is 2.22. The van der Waals surface area contributed by atoms with Crippen molar-refractivity contribution in [2.75, 3.05) is 11.5 Å². The third-order valence-electron chi connectivity index (χ3n) is 1.35. The van der Waals surface area contributed by atoms with Crippen LogP contribution in [0.25, 0.3) is 0 Å². The van der Waals surface area contributed by atoms with Gasteiger partial charge in [-0.15, -0.1) is 23.1 Å². The van der Waals surface area contributed by atoms with Gasteiger partial charge in [-0.1, -0.05) is 11.6 Å². The first-order valence-corrected chi connectivity index (χ1v) is 6.07. The Morgan fingerprint density at radius 2 is 2.38 bits per heavy atom. The summed E-state index contributed by atoms with van der Waals surface area (Å²) in [5, 5.41) is 8.38. The topological polar surface area (TPSA) is 37.3 Å². The molecule has 0 saturated carbocycles. The fraction of sp³-hybridized carbons (Fsp3) is 0.375. The molecule has 1 N–H and O–H groups in total. The van der Waals surface area contributed by atoms with Crippen molar-refractivity contribution in [2.24, 2.45) is 0 Å². The lowest BCUT2D eigenvalue weighted by atomic mass is 10.4. The Morgan fingerprint density at radius 3 is 2.92 bits per heavy atom. The van der Waals surface area contributed by atoms with Gasteiger partial charge in [-0.2, -0.15) is 0 Å². The highest BCUT2D eigenvalue weighted by atomic mass is 35.5. The predicted octanol–water partition coefficient (Wildman–Crippen LogP) is 2.76. The van der Waals surface area contributed by atoms with E-state index in [9.17, 15) is 4.79 Å². The molecule has 0 aromatic carbocycles. The maximum absolute atomic E-state index is 10.2. The zero-order valence-electron chi connectivity index (χ0n) is 6.83. The molecule has 0 bridgehead atoms. The van der Waals surface area contributed by atoms with Crippen LogP contribution in [0.2, 0.25) is 4.34 Å². The molecule has 1 aromatic rings. The van der Waals surface area contributed by atoms with Gasteiger partial charge in [-0.3, -0.25) is 4.79 Å². The molecule has 72 valence electrons. The summed E-state index contributed by atoms with van der Waals surface area (Å²) in [6.45, 7) is 0. The SMILES string of the molecule is O=C(O)CSCCc1ccc(Cl)s1. The first kappa shape index (κ1) is 10.9. The van der Waals surface area contributed by atoms with Gasteiger partial charge in [0.1, 0.15) is 0 Å². The second-order valence-corrected chi connectivity index (χ2v) is 5.31. The molecule has 0 aliphatic carbocycles. The fourth-order valence-electron chi connectivity index (χ4n) is 0.818. The predicted molar refractivity (Wildman–Crippen MR) is 58.0 cm³/mol. The first-order chi connectivity index (χ1) is 6.18. The number of carbonyl (C=O) groups is 1. The van der Waals surface area contributed by atoms with Crippen molar-refractivity contribution in [3.05, 3.63) is 21.3 Å². The Labute approximate surface area is 89.9 Å². The lowest BCUT2D eigenvalue weighted by Gasteiger charge is -1.95. The summed E-state index contributed by atoms with van der Waals surface area (Å²) >= 11 is 8.72. The van der Waals surface area contributed by atoms with E-state index in [1.165, 1.54) is 16.6 Å². The van der Waals surface area contributed by atoms with E-state index in [1.807, 2.05) is 12.1 Å². The number of hydrogen-bond donors (Lipinski definition) is 1. The largest absolute Gasteiger partial charge is 0.481 e. The van der Waals surface area contributed by atoms with Crippen molar-refractivity contribution in [2.45, 2.75) is 6.42 Å². The monoisotopic (exact) mass is 236 g/mol. The van der Waals surface area contributed by atoms with Gasteiger partial charge in [0.15, 0.2) is 0 Å². The summed E-state index contributed by atoms with van der Waals surface area (Å²) < 4.78 is 0.790. The summed E-state index contributed by atoms with van der Waals surface area (Å²) in [5.74, 6) is 0.261. The third-order valence-corrected chi connectivity index (χ3v) is 3.58. The maximum Gasteiger partial charge on any atom is 0.313 e. The highest BCUT2D eigenvalue weighted by Gasteiger charge is 2.00. The summed E-state index contributed by atoms with van der Waals surface area (Å²) in [4.78, 5) is 11.4. The molecule has 0 aliphatic heterocycles. The number of halogens is 1. The van der Waals surface area contributed by atoms with E-state index in [4.69, 9.17) is 16.7 Å². The van der Waals surface area contributed by atoms with E-state index in [-0.39, 0.29) is 5.75 Å². The Hall–Kier alpha value is -0.190. The summed E-state index contributed by atoms with van der Waals surface area (Å²) in [6, 6.07) is 3.84. The van der Waals surface area contributed by atoms with Crippen LogP contribution in [0.15, 0.2) is 12.1 Å². The Morgan fingerprint density at radius 1 is 1.62 bits per heavy atom. The van der Waals surface area contributed by atoms with Crippen LogP contribution < -0.4 is 0 Å². The molecular formula is C8H9ClO2S2. The van der Waals surface area contributed by atoms with Gasteiger partial charge in [-0.05, 0) is 24.3 Å². The Balaban J connectivity index is 2.16. The molecule has 1 aromatic heterocycles. The number of rotatable bonds is 5. The molecule has 1 rings (SSSR count). The molecule has 2 nitrogen and oxygen atoms in total. The summed E-state index contributed by atoms with van der Waals surface area (Å²) in [5.41, 5.74) is 0. The second kappa shape index (κ2) is 5.52. The minimum Gasteiger partial charge on any atom is -0.481 e. The molecule has 0 amide bonds. The average Bonchev–Trinajstić information content (AvgIpc) is 2.45. The summed E-state index contributed by atoms with van der Waals surface area (Å²) in [7, 11) is 0. The van der Waals surface area contributed by atoms with Crippen LogP contribution in [0.1, 0.15) is 4.88 Å². The van der Waals surface area contributed by atoms with Crippen LogP contribution in [0, 0.1) is 0 Å². The maximum atomic E-state index is 10.2. The molecule has 0 fully saturated rings. The zero-order chi connectivity index (χ0) is 9.68. The molecular weight excluding hydrogens is 228 g/mol. The zero-order valence-corrected chi connectivity index (χ0v) is 9.21. The average molecular weight is 237 g/mol. The third kappa shape index (κ3) is 4.55. The molecule has 0 unspecified atom stereocenters. The van der Waals surface area contributed by atoms with E-state index in [0.717, 1.165) is 16.5 Å². The number of carboxylic acid groups (broad SMARTS) is 1. The number of thiophene rings is 1. The normalized spacial score (nSPS) is 10.2. The van der Waals surface area contributed by atoms with Crippen molar-refractivity contribution in [1.29, 1.82) is 0 Å². The number of thioether (sulfide) groups is 1. The van der Waals surface area contributed by atoms with Gasteiger partial charge in [0.25, 0.3) is 0 Å². The summed E-state index contributed by atoms with van der Waals surface area (Å²) in [6.07, 6.45) is 0.898. The van der Waals surface area contributed by atoms with E-state index < -0.39 is 5.97 Å². The number of carboxylic acids is 1. The molecule has 1 heterocycles. The first-order valence-electron chi connectivity index (χ1n) is 3.72. The van der Waals surface area contributed by atoms with Crippen molar-refractivity contribution < 1.29 is 9.90 Å². The molecule has 0 aliphatic rings. The fourth-order valence-corrected chi connectivity index (χ4v) is 2.72.